The second-order valence-electron chi connectivity index (χ2n) is 6.49. The molecule has 28 heavy (non-hydrogen) atoms. The van der Waals surface area contributed by atoms with Gasteiger partial charge in [0.1, 0.15) is 5.69 Å². The number of nitrogen functional groups attached to an aromatic ring is 1. The van der Waals surface area contributed by atoms with Crippen molar-refractivity contribution in [3.8, 4) is 11.5 Å². The molecule has 1 aromatic carbocycles. The zero-order valence-electron chi connectivity index (χ0n) is 15.1. The fourth-order valence-electron chi connectivity index (χ4n) is 3.22. The number of hydrogen-bond donors (Lipinski definition) is 2. The first-order valence-corrected chi connectivity index (χ1v) is 10.0. The first-order chi connectivity index (χ1) is 13.5. The van der Waals surface area contributed by atoms with Crippen LogP contribution in [0.1, 0.15) is 5.56 Å². The van der Waals surface area contributed by atoms with Crippen LogP contribution < -0.4 is 24.0 Å². The fourth-order valence-corrected chi connectivity index (χ4v) is 3.75. The van der Waals surface area contributed by atoms with Crippen LogP contribution >= 0.6 is 32.5 Å². The molecule has 8 nitrogen and oxygen atoms in total. The lowest BCUT2D eigenvalue weighted by Gasteiger charge is -2.37. The number of carbonyl (C=O) groups excluding carboxylic acids is 1. The van der Waals surface area contributed by atoms with Crippen molar-refractivity contribution in [3.63, 3.8) is 0 Å². The van der Waals surface area contributed by atoms with Gasteiger partial charge in [-0.15, -0.1) is 0 Å². The average molecular weight is 515 g/mol. The van der Waals surface area contributed by atoms with Gasteiger partial charge in [0.15, 0.2) is 44.0 Å². The maximum atomic E-state index is 12.8. The minimum absolute atomic E-state index is 0.0752. The number of rotatable bonds is 6. The molecule has 4 N–H and O–H groups in total. The number of nitrogens with two attached hydrogens (primary N) is 2. The third kappa shape index (κ3) is 4.68. The second-order valence-corrected chi connectivity index (χ2v) is 7.14. The Morgan fingerprint density at radius 3 is 2.21 bits per heavy atom. The van der Waals surface area contributed by atoms with Gasteiger partial charge in [-0.1, -0.05) is 0 Å². The number of amides is 1. The first kappa shape index (κ1) is 20.7. The number of hydrogen-bond acceptors (Lipinski definition) is 7. The van der Waals surface area contributed by atoms with Crippen molar-refractivity contribution in [2.24, 2.45) is 5.73 Å². The Morgan fingerprint density at radius 2 is 1.68 bits per heavy atom. The number of aromatic nitrogens is 1. The molecule has 1 aromatic heterocycles. The summed E-state index contributed by atoms with van der Waals surface area (Å²) in [6, 6.07) is 6.74. The molecule has 150 valence electrons. The van der Waals surface area contributed by atoms with E-state index in [0.29, 0.717) is 36.7 Å². The zero-order valence-corrected chi connectivity index (χ0v) is 18.2. The Hall–Kier alpha value is -2.04. The largest absolute Gasteiger partial charge is 0.416 e. The van der Waals surface area contributed by atoms with Crippen LogP contribution in [0.5, 0.6) is 11.5 Å². The summed E-state index contributed by atoms with van der Waals surface area (Å²) < 4.78 is 10.2. The molecular formula is C18H21Br2N5O3. The summed E-state index contributed by atoms with van der Waals surface area (Å²) in [7, 11) is 0. The van der Waals surface area contributed by atoms with Crippen molar-refractivity contribution in [2.45, 2.75) is 12.5 Å². The van der Waals surface area contributed by atoms with E-state index in [1.165, 1.54) is 0 Å². The smallest absolute Gasteiger partial charge is 0.239 e. The highest BCUT2D eigenvalue weighted by molar-refractivity contribution is 9.06. The van der Waals surface area contributed by atoms with Crippen molar-refractivity contribution in [1.29, 1.82) is 0 Å². The molecule has 1 amide bonds. The molecule has 0 spiro atoms. The zero-order chi connectivity index (χ0) is 20.1. The van der Waals surface area contributed by atoms with Gasteiger partial charge in [-0.2, -0.15) is 0 Å². The molecule has 0 aliphatic carbocycles. The van der Waals surface area contributed by atoms with Crippen molar-refractivity contribution in [3.05, 3.63) is 42.2 Å². The minimum Gasteiger partial charge on any atom is -0.416 e. The predicted octanol–water partition coefficient (Wildman–Crippen LogP) is 2.26. The van der Waals surface area contributed by atoms with E-state index < -0.39 is 6.04 Å². The summed E-state index contributed by atoms with van der Waals surface area (Å²) in [6.07, 6.45) is 3.88. The molecule has 2 heterocycles. The number of carbonyl (C=O) groups is 1. The highest BCUT2D eigenvalue weighted by Gasteiger charge is 2.26. The fraction of sp³-hybridized carbons (Fsp3) is 0.333. The third-order valence-corrected chi connectivity index (χ3v) is 5.42. The molecule has 1 atom stereocenters. The summed E-state index contributed by atoms with van der Waals surface area (Å²) in [6.45, 7) is 2.77. The molecular weight excluding hydrogens is 494 g/mol. The molecule has 10 heteroatoms. The molecule has 0 unspecified atom stereocenters. The van der Waals surface area contributed by atoms with Crippen LogP contribution in [-0.2, 0) is 11.2 Å². The number of pyridine rings is 1. The van der Waals surface area contributed by atoms with Crippen LogP contribution in [0.25, 0.3) is 0 Å². The normalized spacial score (nSPS) is 15.2. The second kappa shape index (κ2) is 9.44. The molecule has 0 saturated carbocycles. The van der Waals surface area contributed by atoms with Gasteiger partial charge < -0.3 is 28.9 Å². The first-order valence-electron chi connectivity index (χ1n) is 8.72. The van der Waals surface area contributed by atoms with Crippen LogP contribution in [0.2, 0.25) is 0 Å². The molecule has 1 aliphatic heterocycles. The van der Waals surface area contributed by atoms with Gasteiger partial charge in [-0.3, -0.25) is 9.78 Å². The predicted molar refractivity (Wildman–Crippen MR) is 115 cm³/mol. The van der Waals surface area contributed by atoms with Crippen LogP contribution in [0.4, 0.5) is 11.4 Å². The Morgan fingerprint density at radius 1 is 1.11 bits per heavy atom. The van der Waals surface area contributed by atoms with E-state index in [2.05, 4.69) is 42.4 Å². The third-order valence-electron chi connectivity index (χ3n) is 4.72. The van der Waals surface area contributed by atoms with Gasteiger partial charge in [0.25, 0.3) is 0 Å². The molecule has 1 aliphatic rings. The molecule has 2 aromatic rings. The monoisotopic (exact) mass is 513 g/mol. The summed E-state index contributed by atoms with van der Waals surface area (Å²) >= 11 is 5.85. The van der Waals surface area contributed by atoms with E-state index in [1.54, 1.807) is 24.5 Å². The lowest BCUT2D eigenvalue weighted by atomic mass is 10.0. The minimum atomic E-state index is -0.664. The molecule has 0 radical (unpaired) electrons. The van der Waals surface area contributed by atoms with Gasteiger partial charge >= 0.3 is 0 Å². The standard InChI is InChI=1S/C18H21Br2N5O3/c19-27-15-10-12(11-16(28-20)17(15)22)9-14(21)18(26)25-7-5-24(6-8-25)13-1-3-23-4-2-13/h1-4,10-11,14H,5-9,21-22H2/t14-/m0/s1. The lowest BCUT2D eigenvalue weighted by molar-refractivity contribution is -0.132. The summed E-state index contributed by atoms with van der Waals surface area (Å²) in [5, 5.41) is 0. The van der Waals surface area contributed by atoms with E-state index in [-0.39, 0.29) is 5.91 Å². The molecule has 3 rings (SSSR count). The molecule has 1 fully saturated rings. The lowest BCUT2D eigenvalue weighted by Crippen LogP contribution is -2.53. The Bertz CT molecular complexity index is 791. The number of halogens is 2. The SMILES string of the molecule is Nc1c(OBr)cc(C[C@H](N)C(=O)N2CCN(c3ccncc3)CC2)cc1OBr. The summed E-state index contributed by atoms with van der Waals surface area (Å²) in [5.41, 5.74) is 14.3. The van der Waals surface area contributed by atoms with Crippen molar-refractivity contribution in [2.75, 3.05) is 36.8 Å². The quantitative estimate of drug-likeness (QED) is 0.569. The van der Waals surface area contributed by atoms with Gasteiger partial charge in [-0.05, 0) is 36.2 Å². The number of anilines is 2. The maximum absolute atomic E-state index is 12.8. The van der Waals surface area contributed by atoms with Crippen LogP contribution in [0.15, 0.2) is 36.7 Å². The van der Waals surface area contributed by atoms with Gasteiger partial charge in [0, 0.05) is 44.3 Å². The van der Waals surface area contributed by atoms with Crippen LogP contribution in [0, 0.1) is 0 Å². The molecule has 1 saturated heterocycles. The van der Waals surface area contributed by atoms with Crippen molar-refractivity contribution < 1.29 is 12.5 Å². The number of piperazine rings is 1. The Balaban J connectivity index is 1.61. The van der Waals surface area contributed by atoms with E-state index in [1.807, 2.05) is 17.0 Å². The van der Waals surface area contributed by atoms with E-state index in [0.717, 1.165) is 24.3 Å². The van der Waals surface area contributed by atoms with Crippen molar-refractivity contribution >= 4 is 49.8 Å². The average Bonchev–Trinajstić information content (AvgIpc) is 2.75. The van der Waals surface area contributed by atoms with Crippen LogP contribution in [0.3, 0.4) is 0 Å². The Labute approximate surface area is 180 Å². The van der Waals surface area contributed by atoms with Crippen molar-refractivity contribution in [1.82, 2.24) is 9.88 Å². The maximum Gasteiger partial charge on any atom is 0.239 e. The summed E-state index contributed by atoms with van der Waals surface area (Å²) in [5.74, 6) is 0.726. The van der Waals surface area contributed by atoms with E-state index >= 15 is 0 Å². The topological polar surface area (TPSA) is 107 Å². The number of benzene rings is 1. The highest BCUT2D eigenvalue weighted by atomic mass is 79.9. The highest BCUT2D eigenvalue weighted by Crippen LogP contribution is 2.35. The van der Waals surface area contributed by atoms with E-state index in [9.17, 15) is 4.79 Å². The van der Waals surface area contributed by atoms with Gasteiger partial charge in [0.05, 0.1) is 6.04 Å². The van der Waals surface area contributed by atoms with E-state index in [4.69, 9.17) is 19.1 Å². The summed E-state index contributed by atoms with van der Waals surface area (Å²) in [4.78, 5) is 20.9. The number of nitrogens with zero attached hydrogens (tertiary/aromatic N) is 3. The molecule has 0 bridgehead atoms. The van der Waals surface area contributed by atoms with Crippen LogP contribution in [-0.4, -0.2) is 48.0 Å². The Kier molecular flexibility index (Phi) is 6.97. The van der Waals surface area contributed by atoms with Gasteiger partial charge in [0.2, 0.25) is 5.91 Å². The van der Waals surface area contributed by atoms with Gasteiger partial charge in [-0.25, -0.2) is 0 Å².